The lowest BCUT2D eigenvalue weighted by atomic mass is 9.72. The number of alkyl halides is 6. The predicted octanol–water partition coefficient (Wildman–Crippen LogP) is 4.98. The van der Waals surface area contributed by atoms with E-state index in [-0.39, 0.29) is 24.6 Å². The smallest absolute Gasteiger partial charge is 0.411 e. The Labute approximate surface area is 168 Å². The first kappa shape index (κ1) is 20.9. The van der Waals surface area contributed by atoms with Crippen molar-refractivity contribution in [3.8, 4) is 5.75 Å². The molecule has 3 nitrogen and oxygen atoms in total. The third-order valence-corrected chi connectivity index (χ3v) is 5.13. The van der Waals surface area contributed by atoms with Crippen molar-refractivity contribution in [2.75, 3.05) is 13.2 Å². The molecule has 9 heteroatoms. The highest BCUT2D eigenvalue weighted by molar-refractivity contribution is 5.46. The fourth-order valence-electron chi connectivity index (χ4n) is 3.41. The van der Waals surface area contributed by atoms with Crippen LogP contribution in [0.3, 0.4) is 0 Å². The summed E-state index contributed by atoms with van der Waals surface area (Å²) >= 11 is 0. The molecule has 0 amide bonds. The van der Waals surface area contributed by atoms with E-state index in [0.29, 0.717) is 18.6 Å². The maximum Gasteiger partial charge on any atom is 0.411 e. The molecule has 2 saturated heterocycles. The van der Waals surface area contributed by atoms with Gasteiger partial charge in [0.05, 0.1) is 6.61 Å². The van der Waals surface area contributed by atoms with E-state index in [0.717, 1.165) is 36.4 Å². The Morgan fingerprint density at radius 1 is 0.867 bits per heavy atom. The normalized spacial score (nSPS) is 21.1. The number of benzene rings is 2. The van der Waals surface area contributed by atoms with Crippen molar-refractivity contribution in [1.82, 2.24) is 0 Å². The molecule has 0 N–H and O–H groups in total. The van der Waals surface area contributed by atoms with Crippen LogP contribution in [0, 0.1) is 6.61 Å². The zero-order chi connectivity index (χ0) is 21.6. The fourth-order valence-corrected chi connectivity index (χ4v) is 3.41. The van der Waals surface area contributed by atoms with Crippen molar-refractivity contribution >= 4 is 0 Å². The van der Waals surface area contributed by atoms with Crippen molar-refractivity contribution in [2.24, 2.45) is 0 Å². The monoisotopic (exact) mass is 431 g/mol. The first-order chi connectivity index (χ1) is 14.1. The molecule has 0 radical (unpaired) electrons. The van der Waals surface area contributed by atoms with Crippen LogP contribution in [0.2, 0.25) is 0 Å². The lowest BCUT2D eigenvalue weighted by Gasteiger charge is -2.38. The summed E-state index contributed by atoms with van der Waals surface area (Å²) in [5, 5.41) is 0. The van der Waals surface area contributed by atoms with Gasteiger partial charge in [0, 0.05) is 6.42 Å². The van der Waals surface area contributed by atoms with Crippen LogP contribution in [0.5, 0.6) is 5.75 Å². The minimum atomic E-state index is -5.62. The van der Waals surface area contributed by atoms with Crippen molar-refractivity contribution in [2.45, 2.75) is 36.4 Å². The van der Waals surface area contributed by atoms with Crippen molar-refractivity contribution in [3.05, 3.63) is 71.8 Å². The average Bonchev–Trinajstić information content (AvgIpc) is 3.56. The summed E-state index contributed by atoms with van der Waals surface area (Å²) in [5.41, 5.74) is -5.41. The molecule has 2 unspecified atom stereocenters. The molecule has 2 atom stereocenters. The van der Waals surface area contributed by atoms with E-state index < -0.39 is 28.9 Å². The maximum atomic E-state index is 14.1. The van der Waals surface area contributed by atoms with Gasteiger partial charge in [-0.1, -0.05) is 36.4 Å². The summed E-state index contributed by atoms with van der Waals surface area (Å²) in [5.74, 6) is 0.170. The van der Waals surface area contributed by atoms with Crippen LogP contribution in [-0.4, -0.2) is 37.8 Å². The SMILES string of the molecule is FC(F)(F)C(c1ccc(CC2[CH+]O2)cc1)(c1ccc(OCC2CO2)cc1)C(F)(F)F. The second kappa shape index (κ2) is 7.39. The van der Waals surface area contributed by atoms with E-state index >= 15 is 0 Å². The Morgan fingerprint density at radius 2 is 1.37 bits per heavy atom. The second-order valence-corrected chi connectivity index (χ2v) is 7.25. The molecule has 0 aromatic heterocycles. The summed E-state index contributed by atoms with van der Waals surface area (Å²) in [4.78, 5) is 0. The Hall–Kier alpha value is -2.39. The third kappa shape index (κ3) is 3.96. The van der Waals surface area contributed by atoms with Crippen molar-refractivity contribution < 1.29 is 40.6 Å². The van der Waals surface area contributed by atoms with E-state index in [1.165, 1.54) is 12.1 Å². The summed E-state index contributed by atoms with van der Waals surface area (Å²) in [7, 11) is 0. The van der Waals surface area contributed by atoms with Crippen LogP contribution >= 0.6 is 0 Å². The molecule has 160 valence electrons. The number of halogens is 6. The van der Waals surface area contributed by atoms with E-state index in [1.54, 1.807) is 6.61 Å². The Bertz CT molecular complexity index is 852. The van der Waals surface area contributed by atoms with Crippen LogP contribution in [0.25, 0.3) is 0 Å². The zero-order valence-corrected chi connectivity index (χ0v) is 15.5. The second-order valence-electron chi connectivity index (χ2n) is 7.25. The minimum absolute atomic E-state index is 0.0914. The molecule has 2 aromatic carbocycles. The van der Waals surface area contributed by atoms with Crippen LogP contribution < -0.4 is 4.74 Å². The van der Waals surface area contributed by atoms with E-state index in [1.807, 2.05) is 0 Å². The van der Waals surface area contributed by atoms with Gasteiger partial charge >= 0.3 is 12.4 Å². The van der Waals surface area contributed by atoms with Crippen LogP contribution in [-0.2, 0) is 21.3 Å². The molecule has 0 aliphatic carbocycles. The van der Waals surface area contributed by atoms with Gasteiger partial charge in [-0.3, -0.25) is 0 Å². The number of epoxide rings is 2. The molecular weight excluding hydrogens is 414 g/mol. The van der Waals surface area contributed by atoms with Crippen LogP contribution in [0.4, 0.5) is 26.3 Å². The van der Waals surface area contributed by atoms with Gasteiger partial charge in [0.1, 0.15) is 18.5 Å². The van der Waals surface area contributed by atoms with Crippen LogP contribution in [0.15, 0.2) is 48.5 Å². The number of ether oxygens (including phenoxy) is 3. The largest absolute Gasteiger partial charge is 0.491 e. The van der Waals surface area contributed by atoms with Gasteiger partial charge < -0.3 is 9.47 Å². The van der Waals surface area contributed by atoms with Gasteiger partial charge in [0.25, 0.3) is 12.7 Å². The highest BCUT2D eigenvalue weighted by Gasteiger charge is 2.72. The molecule has 2 aliphatic rings. The zero-order valence-electron chi connectivity index (χ0n) is 15.5. The Morgan fingerprint density at radius 3 is 1.80 bits per heavy atom. The van der Waals surface area contributed by atoms with Gasteiger partial charge in [-0.25, -0.2) is 0 Å². The molecular formula is C21H17F6O3+. The Balaban J connectivity index is 1.72. The van der Waals surface area contributed by atoms with Gasteiger partial charge in [0.15, 0.2) is 0 Å². The lowest BCUT2D eigenvalue weighted by Crippen LogP contribution is -2.54. The summed E-state index contributed by atoms with van der Waals surface area (Å²) in [6, 6.07) is 8.14. The standard InChI is InChI=1S/C21H17F6O3/c22-20(23,24)19(21(25,26)27,14-3-1-13(2-4-14)9-17-10-29-17)15-5-7-16(8-6-15)28-11-18-12-30-18/h1-8,10,17-18H,9,11-12H2/q+1. The summed E-state index contributed by atoms with van der Waals surface area (Å²) < 4.78 is 100. The quantitative estimate of drug-likeness (QED) is 0.353. The third-order valence-electron chi connectivity index (χ3n) is 5.13. The first-order valence-corrected chi connectivity index (χ1v) is 9.18. The predicted molar refractivity (Wildman–Crippen MR) is 93.9 cm³/mol. The van der Waals surface area contributed by atoms with E-state index in [9.17, 15) is 26.3 Å². The van der Waals surface area contributed by atoms with Gasteiger partial charge in [0.2, 0.25) is 5.41 Å². The van der Waals surface area contributed by atoms with E-state index in [4.69, 9.17) is 14.2 Å². The van der Waals surface area contributed by atoms with Crippen LogP contribution in [0.1, 0.15) is 16.7 Å². The molecule has 0 saturated carbocycles. The molecule has 2 aliphatic heterocycles. The molecule has 0 spiro atoms. The first-order valence-electron chi connectivity index (χ1n) is 9.18. The van der Waals surface area contributed by atoms with Crippen molar-refractivity contribution in [1.29, 1.82) is 0 Å². The number of hydrogen-bond donors (Lipinski definition) is 0. The average molecular weight is 431 g/mol. The molecule has 30 heavy (non-hydrogen) atoms. The summed E-state index contributed by atoms with van der Waals surface area (Å²) in [6.07, 6.45) is -11.1. The fraction of sp³-hybridized carbons (Fsp3) is 0.381. The Kier molecular flexibility index (Phi) is 5.14. The highest BCUT2D eigenvalue weighted by atomic mass is 19.4. The molecule has 2 heterocycles. The topological polar surface area (TPSA) is 34.3 Å². The highest BCUT2D eigenvalue weighted by Crippen LogP contribution is 2.56. The van der Waals surface area contributed by atoms with Gasteiger partial charge in [-0.05, 0) is 28.8 Å². The lowest BCUT2D eigenvalue weighted by molar-refractivity contribution is -0.288. The summed E-state index contributed by atoms with van der Waals surface area (Å²) in [6.45, 7) is 2.25. The number of rotatable bonds is 7. The maximum absolute atomic E-state index is 14.1. The minimum Gasteiger partial charge on any atom is -0.491 e. The van der Waals surface area contributed by atoms with Gasteiger partial charge in [-0.2, -0.15) is 26.3 Å². The van der Waals surface area contributed by atoms with Gasteiger partial charge in [-0.15, -0.1) is 4.74 Å². The molecule has 2 aromatic rings. The molecule has 4 rings (SSSR count). The van der Waals surface area contributed by atoms with E-state index in [2.05, 4.69) is 0 Å². The molecule has 0 bridgehead atoms. The number of hydrogen-bond acceptors (Lipinski definition) is 3. The van der Waals surface area contributed by atoms with Crippen molar-refractivity contribution in [3.63, 3.8) is 0 Å². The molecule has 2 fully saturated rings.